The summed E-state index contributed by atoms with van der Waals surface area (Å²) < 4.78 is 13.3. The summed E-state index contributed by atoms with van der Waals surface area (Å²) in [6.45, 7) is 0. The summed E-state index contributed by atoms with van der Waals surface area (Å²) in [5.41, 5.74) is 0.0473. The Morgan fingerprint density at radius 1 is 1.62 bits per heavy atom. The molecular formula is CH2BrNa2O3P+2. The molecule has 0 aromatic rings. The van der Waals surface area contributed by atoms with E-state index >= 15 is 0 Å². The van der Waals surface area contributed by atoms with Crippen molar-refractivity contribution >= 4 is 24.2 Å². The van der Waals surface area contributed by atoms with Gasteiger partial charge < -0.3 is 4.89 Å². The van der Waals surface area contributed by atoms with E-state index in [1.54, 1.807) is 0 Å². The Morgan fingerprint density at radius 3 is 2.00 bits per heavy atom. The van der Waals surface area contributed by atoms with E-state index in [0.717, 1.165) is 0 Å². The average Bonchev–Trinajstić information content (AvgIpc) is 1.35. The van der Waals surface area contributed by atoms with E-state index in [1.807, 2.05) is 0 Å². The van der Waals surface area contributed by atoms with Gasteiger partial charge >= 0.3 is 67.4 Å². The third kappa shape index (κ3) is 15.8. The van der Waals surface area contributed by atoms with Crippen LogP contribution in [0.4, 0.5) is 0 Å². The maximum atomic E-state index is 9.38. The summed E-state index contributed by atoms with van der Waals surface area (Å²) in [4.78, 5) is 9.38. The molecule has 8 heavy (non-hydrogen) atoms. The van der Waals surface area contributed by atoms with Crippen molar-refractivity contribution in [1.82, 2.24) is 0 Å². The van der Waals surface area contributed by atoms with Gasteiger partial charge in [0.2, 0.25) is 0 Å². The predicted molar refractivity (Wildman–Crippen MR) is 22.5 cm³/mol. The van der Waals surface area contributed by atoms with Gasteiger partial charge in [0.15, 0.2) is 5.52 Å². The topological polar surface area (TPSA) is 49.4 Å². The first-order valence-electron chi connectivity index (χ1n) is 1.10. The quantitative estimate of drug-likeness (QED) is 0.264. The van der Waals surface area contributed by atoms with Gasteiger partial charge in [-0.3, -0.25) is 0 Å². The molecule has 0 saturated carbocycles. The summed E-state index contributed by atoms with van der Waals surface area (Å²) in [6.07, 6.45) is 0. The van der Waals surface area contributed by atoms with Crippen LogP contribution >= 0.6 is 24.2 Å². The molecule has 0 saturated heterocycles. The maximum Gasteiger partial charge on any atom is 1.00 e. The number of alkyl halides is 1. The minimum Gasteiger partial charge on any atom is -0.566 e. The number of rotatable bonds is 2. The smallest absolute Gasteiger partial charge is 0.566 e. The Kier molecular flexibility index (Phi) is 25.7. The van der Waals surface area contributed by atoms with Crippen LogP contribution in [0, 0.1) is 0 Å². The molecule has 0 spiro atoms. The van der Waals surface area contributed by atoms with Crippen LogP contribution in [-0.4, -0.2) is 5.52 Å². The van der Waals surface area contributed by atoms with E-state index < -0.39 is 8.25 Å². The van der Waals surface area contributed by atoms with Crippen molar-refractivity contribution in [2.45, 2.75) is 0 Å². The second-order valence-corrected chi connectivity index (χ2v) is 1.63. The van der Waals surface area contributed by atoms with Crippen molar-refractivity contribution in [3.05, 3.63) is 0 Å². The Bertz CT molecular complexity index is 61.2. The molecule has 0 radical (unpaired) electrons. The zero-order valence-electron chi connectivity index (χ0n) is 4.76. The monoisotopic (exact) mass is 218 g/mol. The summed E-state index contributed by atoms with van der Waals surface area (Å²) in [6, 6.07) is 0. The molecular weight excluding hydrogens is 217 g/mol. The van der Waals surface area contributed by atoms with Gasteiger partial charge in [0, 0.05) is 0 Å². The fraction of sp³-hybridized carbons (Fsp3) is 1.00. The molecule has 0 rings (SSSR count). The summed E-state index contributed by atoms with van der Waals surface area (Å²) in [7, 11) is -2.65. The molecule has 0 amide bonds. The summed E-state index contributed by atoms with van der Waals surface area (Å²) in [5, 5.41) is 0. The Labute approximate surface area is 101 Å². The van der Waals surface area contributed by atoms with Crippen molar-refractivity contribution in [1.29, 1.82) is 0 Å². The third-order valence-electron chi connectivity index (χ3n) is 0.154. The van der Waals surface area contributed by atoms with E-state index in [2.05, 4.69) is 20.5 Å². The average molecular weight is 219 g/mol. The second kappa shape index (κ2) is 12.2. The van der Waals surface area contributed by atoms with Crippen LogP contribution in [-0.2, 0) is 9.09 Å². The van der Waals surface area contributed by atoms with Crippen LogP contribution in [0.25, 0.3) is 0 Å². The minimum atomic E-state index is -2.65. The van der Waals surface area contributed by atoms with Crippen molar-refractivity contribution in [3.8, 4) is 0 Å². The first-order chi connectivity index (χ1) is 2.77. The van der Waals surface area contributed by atoms with E-state index in [9.17, 15) is 9.46 Å². The van der Waals surface area contributed by atoms with Crippen molar-refractivity contribution in [2.75, 3.05) is 5.52 Å². The summed E-state index contributed by atoms with van der Waals surface area (Å²) >= 11 is 2.74. The molecule has 0 bridgehead atoms. The van der Waals surface area contributed by atoms with Gasteiger partial charge in [0.1, 0.15) is 0 Å². The zero-order chi connectivity index (χ0) is 4.99. The number of hydrogen-bond donors (Lipinski definition) is 0. The van der Waals surface area contributed by atoms with Crippen LogP contribution in [0.5, 0.6) is 0 Å². The molecule has 3 nitrogen and oxygen atoms in total. The molecule has 0 aliphatic heterocycles. The molecule has 0 fully saturated rings. The SMILES string of the molecule is O=[P+]([O-])OCBr.[Na+].[Na+]. The van der Waals surface area contributed by atoms with Crippen LogP contribution in [0.3, 0.4) is 0 Å². The number of halogens is 1. The predicted octanol–water partition coefficient (Wildman–Crippen LogP) is -5.62. The molecule has 1 unspecified atom stereocenters. The number of hydrogen-bond acceptors (Lipinski definition) is 3. The molecule has 0 aromatic heterocycles. The fourth-order valence-electron chi connectivity index (χ4n) is 0.0398. The van der Waals surface area contributed by atoms with Crippen molar-refractivity contribution in [3.63, 3.8) is 0 Å². The van der Waals surface area contributed by atoms with Gasteiger partial charge in [-0.25, -0.2) is 0 Å². The van der Waals surface area contributed by atoms with Crippen LogP contribution in [0.15, 0.2) is 0 Å². The second-order valence-electron chi connectivity index (χ2n) is 0.462. The van der Waals surface area contributed by atoms with Crippen molar-refractivity contribution in [2.24, 2.45) is 0 Å². The van der Waals surface area contributed by atoms with Crippen molar-refractivity contribution < 1.29 is 73.1 Å². The molecule has 0 heterocycles. The minimum absolute atomic E-state index is 0. The molecule has 36 valence electrons. The first kappa shape index (κ1) is 16.8. The van der Waals surface area contributed by atoms with Crippen LogP contribution < -0.4 is 64.0 Å². The molecule has 7 heteroatoms. The Balaban J connectivity index is -0.000000125. The normalized spacial score (nSPS) is 8.50. The van der Waals surface area contributed by atoms with E-state index in [4.69, 9.17) is 0 Å². The van der Waals surface area contributed by atoms with Crippen LogP contribution in [0.1, 0.15) is 0 Å². The Morgan fingerprint density at radius 2 is 2.00 bits per heavy atom. The zero-order valence-corrected chi connectivity index (χ0v) is 11.2. The third-order valence-corrected chi connectivity index (χ3v) is 1.08. The first-order valence-corrected chi connectivity index (χ1v) is 3.32. The van der Waals surface area contributed by atoms with Gasteiger partial charge in [-0.15, -0.1) is 4.52 Å². The van der Waals surface area contributed by atoms with Gasteiger partial charge in [0.05, 0.1) is 0 Å². The molecule has 0 aliphatic rings. The maximum absolute atomic E-state index is 9.38. The molecule has 0 aromatic carbocycles. The fourth-order valence-corrected chi connectivity index (χ4v) is 0.621. The van der Waals surface area contributed by atoms with Gasteiger partial charge in [0.25, 0.3) is 0 Å². The van der Waals surface area contributed by atoms with Gasteiger partial charge in [-0.2, -0.15) is 0 Å². The van der Waals surface area contributed by atoms with E-state index in [0.29, 0.717) is 0 Å². The molecule has 0 N–H and O–H groups in total. The summed E-state index contributed by atoms with van der Waals surface area (Å²) in [5.74, 6) is 0. The Hall–Kier alpha value is 2.50. The van der Waals surface area contributed by atoms with E-state index in [-0.39, 0.29) is 64.6 Å². The largest absolute Gasteiger partial charge is 1.00 e. The van der Waals surface area contributed by atoms with E-state index in [1.165, 1.54) is 0 Å². The standard InChI is InChI=1S/CH2BrO3P.2Na/c2-1-5-6(3)4;;/h1H2;;/q;2*+1. The molecule has 1 atom stereocenters. The van der Waals surface area contributed by atoms with Gasteiger partial charge in [-0.05, 0) is 4.57 Å². The molecule has 0 aliphatic carbocycles. The van der Waals surface area contributed by atoms with Gasteiger partial charge in [-0.1, -0.05) is 15.9 Å². The van der Waals surface area contributed by atoms with Crippen LogP contribution in [0.2, 0.25) is 0 Å².